The molecule has 3 heteroatoms. The van der Waals surface area contributed by atoms with Crippen molar-refractivity contribution in [3.8, 4) is 27.9 Å². The monoisotopic (exact) mass is 907 g/mol. The van der Waals surface area contributed by atoms with Gasteiger partial charge in [-0.05, 0) is 152 Å². The van der Waals surface area contributed by atoms with Crippen molar-refractivity contribution >= 4 is 66.7 Å². The van der Waals surface area contributed by atoms with Crippen LogP contribution in [0.15, 0.2) is 255 Å². The molecule has 2 aliphatic carbocycles. The molecule has 1 atom stereocenters. The Balaban J connectivity index is 0.878. The molecule has 0 bridgehead atoms. The molecule has 336 valence electrons. The Bertz CT molecular complexity index is 4040. The zero-order chi connectivity index (χ0) is 47.2. The molecule has 0 saturated carbocycles. The first kappa shape index (κ1) is 41.1. The second-order valence-corrected chi connectivity index (χ2v) is 19.7. The number of benzene rings is 11. The quantitative estimate of drug-likeness (QED) is 0.150. The maximum absolute atomic E-state index is 2.47. The van der Waals surface area contributed by atoms with Gasteiger partial charge in [-0.25, -0.2) is 0 Å². The Morgan fingerprint density at radius 2 is 0.845 bits per heavy atom. The van der Waals surface area contributed by atoms with Crippen LogP contribution < -0.4 is 9.80 Å². The lowest BCUT2D eigenvalue weighted by atomic mass is 9.82. The van der Waals surface area contributed by atoms with Crippen LogP contribution in [0.2, 0.25) is 0 Å². The molecule has 1 aromatic heterocycles. The Morgan fingerprint density at radius 3 is 1.56 bits per heavy atom. The highest BCUT2D eigenvalue weighted by Gasteiger charge is 2.36. The van der Waals surface area contributed by atoms with Crippen LogP contribution in [-0.4, -0.2) is 4.57 Å². The van der Waals surface area contributed by atoms with Gasteiger partial charge in [0.15, 0.2) is 0 Å². The molecule has 0 fully saturated rings. The molecule has 3 nitrogen and oxygen atoms in total. The van der Waals surface area contributed by atoms with Crippen LogP contribution >= 0.6 is 0 Å². The van der Waals surface area contributed by atoms with E-state index in [1.807, 2.05) is 0 Å². The van der Waals surface area contributed by atoms with Gasteiger partial charge in [-0.2, -0.15) is 0 Å². The van der Waals surface area contributed by atoms with E-state index in [1.165, 1.54) is 88.3 Å². The van der Waals surface area contributed by atoms with Crippen molar-refractivity contribution in [2.24, 2.45) is 0 Å². The van der Waals surface area contributed by atoms with Crippen molar-refractivity contribution in [1.82, 2.24) is 4.57 Å². The summed E-state index contributed by atoms with van der Waals surface area (Å²) >= 11 is 0. The number of fused-ring (bicyclic) bond motifs is 10. The molecule has 14 rings (SSSR count). The third-order valence-corrected chi connectivity index (χ3v) is 15.4. The zero-order valence-electron chi connectivity index (χ0n) is 39.7. The van der Waals surface area contributed by atoms with Gasteiger partial charge in [0.2, 0.25) is 0 Å². The van der Waals surface area contributed by atoms with E-state index < -0.39 is 0 Å². The normalized spacial score (nSPS) is 14.0. The van der Waals surface area contributed by atoms with E-state index >= 15 is 0 Å². The molecular weight excluding hydrogens is 859 g/mol. The molecule has 12 aromatic rings. The third-order valence-electron chi connectivity index (χ3n) is 15.4. The summed E-state index contributed by atoms with van der Waals surface area (Å²) < 4.78 is 2.47. The number of rotatable bonds is 8. The SMILES string of the molecule is CC1(C)c2ccccc2-c2ccc(-n3c4ccccc4c4ccc(N(c5ccccc5)c5ccc6cc(N(c7ccccc7)c7ccc8c(c7)C(c7ccccc7)c7ccccc7-8)ccc6c5)cc43)cc21. The fourth-order valence-corrected chi connectivity index (χ4v) is 12.1. The maximum Gasteiger partial charge on any atom is 0.0561 e. The molecular formula is C68H49N3. The number of anilines is 6. The number of hydrogen-bond acceptors (Lipinski definition) is 2. The first-order chi connectivity index (χ1) is 35.0. The minimum absolute atomic E-state index is 0.104. The largest absolute Gasteiger partial charge is 0.310 e. The first-order valence-electron chi connectivity index (χ1n) is 24.8. The number of aromatic nitrogens is 1. The Hall–Kier alpha value is -8.92. The van der Waals surface area contributed by atoms with E-state index in [0.29, 0.717) is 0 Å². The summed E-state index contributed by atoms with van der Waals surface area (Å²) in [5.41, 5.74) is 22.2. The summed E-state index contributed by atoms with van der Waals surface area (Å²) in [5, 5.41) is 4.83. The summed E-state index contributed by atoms with van der Waals surface area (Å²) in [6.45, 7) is 4.72. The van der Waals surface area contributed by atoms with Gasteiger partial charge in [0.1, 0.15) is 0 Å². The molecule has 1 unspecified atom stereocenters. The second kappa shape index (κ2) is 16.1. The van der Waals surface area contributed by atoms with Crippen molar-refractivity contribution in [2.45, 2.75) is 25.2 Å². The molecule has 11 aromatic carbocycles. The molecule has 1 heterocycles. The number of nitrogens with zero attached hydrogens (tertiary/aromatic N) is 3. The number of hydrogen-bond donors (Lipinski definition) is 0. The van der Waals surface area contributed by atoms with Crippen molar-refractivity contribution in [3.63, 3.8) is 0 Å². The highest BCUT2D eigenvalue weighted by Crippen LogP contribution is 2.52. The van der Waals surface area contributed by atoms with Gasteiger partial charge in [0.05, 0.1) is 11.0 Å². The lowest BCUT2D eigenvalue weighted by Crippen LogP contribution is -2.15. The van der Waals surface area contributed by atoms with Crippen molar-refractivity contribution in [1.29, 1.82) is 0 Å². The molecule has 0 N–H and O–H groups in total. The predicted molar refractivity (Wildman–Crippen MR) is 298 cm³/mol. The Kier molecular flexibility index (Phi) is 9.31. The van der Waals surface area contributed by atoms with Crippen LogP contribution in [0.5, 0.6) is 0 Å². The van der Waals surface area contributed by atoms with E-state index in [9.17, 15) is 0 Å². The molecule has 0 saturated heterocycles. The Morgan fingerprint density at radius 1 is 0.338 bits per heavy atom. The van der Waals surface area contributed by atoms with Gasteiger partial charge in [0, 0.05) is 61.9 Å². The van der Waals surface area contributed by atoms with E-state index in [2.05, 4.69) is 283 Å². The average Bonchev–Trinajstić information content (AvgIpc) is 4.02. The van der Waals surface area contributed by atoms with Crippen LogP contribution in [0.1, 0.15) is 47.6 Å². The Labute approximate surface area is 414 Å². The highest BCUT2D eigenvalue weighted by atomic mass is 15.2. The second-order valence-electron chi connectivity index (χ2n) is 19.7. The molecule has 0 amide bonds. The van der Waals surface area contributed by atoms with Crippen LogP contribution in [0.4, 0.5) is 34.1 Å². The topological polar surface area (TPSA) is 11.4 Å². The van der Waals surface area contributed by atoms with Crippen LogP contribution in [0.3, 0.4) is 0 Å². The third kappa shape index (κ3) is 6.50. The fraction of sp³-hybridized carbons (Fsp3) is 0.0588. The van der Waals surface area contributed by atoms with Crippen molar-refractivity contribution in [3.05, 3.63) is 283 Å². The van der Waals surface area contributed by atoms with Crippen molar-refractivity contribution < 1.29 is 0 Å². The van der Waals surface area contributed by atoms with Gasteiger partial charge in [0.25, 0.3) is 0 Å². The lowest BCUT2D eigenvalue weighted by molar-refractivity contribution is 0.660. The van der Waals surface area contributed by atoms with Gasteiger partial charge >= 0.3 is 0 Å². The molecule has 0 aliphatic heterocycles. The van der Waals surface area contributed by atoms with E-state index in [1.54, 1.807) is 0 Å². The van der Waals surface area contributed by atoms with Crippen LogP contribution in [0.25, 0.3) is 60.5 Å². The summed E-state index contributed by atoms with van der Waals surface area (Å²) in [4.78, 5) is 4.81. The van der Waals surface area contributed by atoms with Gasteiger partial charge in [-0.3, -0.25) is 0 Å². The maximum atomic E-state index is 2.47. The molecule has 0 radical (unpaired) electrons. The lowest BCUT2D eigenvalue weighted by Gasteiger charge is -2.28. The van der Waals surface area contributed by atoms with Crippen LogP contribution in [0, 0.1) is 0 Å². The highest BCUT2D eigenvalue weighted by molar-refractivity contribution is 6.10. The minimum atomic E-state index is -0.104. The molecule has 71 heavy (non-hydrogen) atoms. The fourth-order valence-electron chi connectivity index (χ4n) is 12.1. The summed E-state index contributed by atoms with van der Waals surface area (Å²) in [6, 6.07) is 94.1. The minimum Gasteiger partial charge on any atom is -0.310 e. The predicted octanol–water partition coefficient (Wildman–Crippen LogP) is 18.3. The van der Waals surface area contributed by atoms with Crippen molar-refractivity contribution in [2.75, 3.05) is 9.80 Å². The summed E-state index contributed by atoms with van der Waals surface area (Å²) in [6.07, 6.45) is 0. The van der Waals surface area contributed by atoms with E-state index in [0.717, 1.165) is 34.1 Å². The molecule has 0 spiro atoms. The van der Waals surface area contributed by atoms with Gasteiger partial charge in [-0.15, -0.1) is 0 Å². The number of para-hydroxylation sites is 3. The van der Waals surface area contributed by atoms with E-state index in [-0.39, 0.29) is 11.3 Å². The summed E-state index contributed by atoms with van der Waals surface area (Å²) in [5.74, 6) is 0.163. The summed E-state index contributed by atoms with van der Waals surface area (Å²) in [7, 11) is 0. The average molecular weight is 908 g/mol. The van der Waals surface area contributed by atoms with Gasteiger partial charge < -0.3 is 14.4 Å². The smallest absolute Gasteiger partial charge is 0.0561 e. The zero-order valence-corrected chi connectivity index (χ0v) is 39.7. The van der Waals surface area contributed by atoms with Crippen LogP contribution in [-0.2, 0) is 5.41 Å². The van der Waals surface area contributed by atoms with E-state index in [4.69, 9.17) is 0 Å². The standard InChI is InChI=1S/C68H49N3/c1-68(2)63-28-16-14-25-57(63)58-38-35-53(43-64(58)68)71-65-29-17-15-26-59(65)60-39-36-54(44-66(60)71)70(49-22-10-5-11-23-49)51-33-31-46-40-50(32-30-47(46)41-51)69(48-20-8-4-9-21-48)52-34-37-56-55-24-12-13-27-61(55)67(62(56)42-52)45-18-6-3-7-19-45/h3-44,67H,1-2H3. The first-order valence-corrected chi connectivity index (χ1v) is 24.8. The van der Waals surface area contributed by atoms with Gasteiger partial charge in [-0.1, -0.05) is 178 Å². The molecule has 2 aliphatic rings.